The number of benzene rings is 1. The summed E-state index contributed by atoms with van der Waals surface area (Å²) >= 11 is 0. The van der Waals surface area contributed by atoms with Crippen LogP contribution in [0.3, 0.4) is 0 Å². The lowest BCUT2D eigenvalue weighted by Crippen LogP contribution is -1.67. The Balaban J connectivity index is 0. The summed E-state index contributed by atoms with van der Waals surface area (Å²) < 4.78 is 0. The highest BCUT2D eigenvalue weighted by Gasteiger charge is 1.85. The van der Waals surface area contributed by atoms with Gasteiger partial charge in [-0.05, 0) is 19.1 Å². The highest BCUT2D eigenvalue weighted by molar-refractivity contribution is 5.37. The fourth-order valence-electron chi connectivity index (χ4n) is 0.727. The monoisotopic (exact) mass is 194 g/mol. The van der Waals surface area contributed by atoms with E-state index in [2.05, 4.69) is 10.2 Å². The molecule has 1 aromatic carbocycles. The van der Waals surface area contributed by atoms with Gasteiger partial charge >= 0.3 is 0 Å². The SMILES string of the molecule is CC.CC.CN=Nc1ccc(C)cc1. The largest absolute Gasteiger partial charge is 0.192 e. The molecule has 0 N–H and O–H groups in total. The van der Waals surface area contributed by atoms with E-state index in [1.807, 2.05) is 58.9 Å². The van der Waals surface area contributed by atoms with Crippen LogP contribution < -0.4 is 0 Å². The van der Waals surface area contributed by atoms with Gasteiger partial charge in [0.25, 0.3) is 0 Å². The van der Waals surface area contributed by atoms with E-state index in [-0.39, 0.29) is 0 Å². The Kier molecular flexibility index (Phi) is 12.9. The minimum Gasteiger partial charge on any atom is -0.192 e. The molecule has 0 bridgehead atoms. The minimum absolute atomic E-state index is 0.910. The van der Waals surface area contributed by atoms with E-state index >= 15 is 0 Å². The van der Waals surface area contributed by atoms with E-state index in [4.69, 9.17) is 0 Å². The summed E-state index contributed by atoms with van der Waals surface area (Å²) in [6.07, 6.45) is 0. The second-order valence-corrected chi connectivity index (χ2v) is 2.14. The van der Waals surface area contributed by atoms with E-state index in [0.717, 1.165) is 5.69 Å². The Labute approximate surface area is 88.1 Å². The molecule has 0 saturated carbocycles. The summed E-state index contributed by atoms with van der Waals surface area (Å²) in [6.45, 7) is 10.0. The van der Waals surface area contributed by atoms with E-state index in [1.165, 1.54) is 5.56 Å². The van der Waals surface area contributed by atoms with Gasteiger partial charge in [-0.25, -0.2) is 0 Å². The molecule has 2 nitrogen and oxygen atoms in total. The molecule has 0 saturated heterocycles. The van der Waals surface area contributed by atoms with E-state index < -0.39 is 0 Å². The Hall–Kier alpha value is -1.18. The van der Waals surface area contributed by atoms with Crippen LogP contribution in [0, 0.1) is 6.92 Å². The van der Waals surface area contributed by atoms with Crippen molar-refractivity contribution in [1.29, 1.82) is 0 Å². The molecule has 0 aliphatic heterocycles. The minimum atomic E-state index is 0.910. The first-order valence-electron chi connectivity index (χ1n) is 5.19. The summed E-state index contributed by atoms with van der Waals surface area (Å²) in [7, 11) is 1.67. The predicted molar refractivity (Wildman–Crippen MR) is 64.3 cm³/mol. The van der Waals surface area contributed by atoms with Gasteiger partial charge in [0, 0.05) is 7.05 Å². The summed E-state index contributed by atoms with van der Waals surface area (Å²) in [5, 5.41) is 7.53. The molecule has 0 spiro atoms. The van der Waals surface area contributed by atoms with Gasteiger partial charge in [-0.2, -0.15) is 10.2 Å². The van der Waals surface area contributed by atoms with Gasteiger partial charge in [-0.15, -0.1) is 0 Å². The van der Waals surface area contributed by atoms with Crippen LogP contribution in [-0.4, -0.2) is 7.05 Å². The zero-order chi connectivity index (χ0) is 11.4. The number of aryl methyl sites for hydroxylation is 1. The van der Waals surface area contributed by atoms with Crippen LogP contribution in [0.25, 0.3) is 0 Å². The van der Waals surface area contributed by atoms with Crippen molar-refractivity contribution < 1.29 is 0 Å². The second-order valence-electron chi connectivity index (χ2n) is 2.14. The lowest BCUT2D eigenvalue weighted by Gasteiger charge is -1.90. The van der Waals surface area contributed by atoms with Gasteiger partial charge in [0.2, 0.25) is 0 Å². The van der Waals surface area contributed by atoms with Gasteiger partial charge in [0.15, 0.2) is 0 Å². The molecule has 80 valence electrons. The molecule has 2 heteroatoms. The van der Waals surface area contributed by atoms with Crippen LogP contribution in [0.2, 0.25) is 0 Å². The maximum atomic E-state index is 3.87. The van der Waals surface area contributed by atoms with E-state index in [0.29, 0.717) is 0 Å². The molecule has 0 heterocycles. The number of hydrogen-bond donors (Lipinski definition) is 0. The average molecular weight is 194 g/mol. The third-order valence-electron chi connectivity index (χ3n) is 1.25. The molecule has 0 aliphatic carbocycles. The van der Waals surface area contributed by atoms with Crippen LogP contribution in [0.4, 0.5) is 5.69 Å². The maximum Gasteiger partial charge on any atom is 0.0852 e. The van der Waals surface area contributed by atoms with Crippen molar-refractivity contribution >= 4 is 5.69 Å². The first-order chi connectivity index (χ1) is 6.83. The highest BCUT2D eigenvalue weighted by Crippen LogP contribution is 2.11. The molecular weight excluding hydrogens is 172 g/mol. The van der Waals surface area contributed by atoms with Crippen LogP contribution in [-0.2, 0) is 0 Å². The van der Waals surface area contributed by atoms with Gasteiger partial charge in [-0.1, -0.05) is 45.4 Å². The predicted octanol–water partition coefficient (Wildman–Crippen LogP) is 4.76. The molecule has 1 rings (SSSR count). The van der Waals surface area contributed by atoms with Crippen molar-refractivity contribution in [3.05, 3.63) is 29.8 Å². The van der Waals surface area contributed by atoms with Crippen LogP contribution >= 0.6 is 0 Å². The summed E-state index contributed by atoms with van der Waals surface area (Å²) in [6, 6.07) is 7.93. The van der Waals surface area contributed by atoms with Crippen molar-refractivity contribution in [3.8, 4) is 0 Å². The van der Waals surface area contributed by atoms with Gasteiger partial charge in [0.1, 0.15) is 0 Å². The van der Waals surface area contributed by atoms with E-state index in [9.17, 15) is 0 Å². The molecule has 0 aliphatic rings. The lowest BCUT2D eigenvalue weighted by molar-refractivity contribution is 1.17. The Bertz CT molecular complexity index is 225. The molecule has 0 fully saturated rings. The quantitative estimate of drug-likeness (QED) is 0.576. The summed E-state index contributed by atoms with van der Waals surface area (Å²) in [4.78, 5) is 0. The van der Waals surface area contributed by atoms with Crippen molar-refractivity contribution in [1.82, 2.24) is 0 Å². The number of nitrogens with zero attached hydrogens (tertiary/aromatic N) is 2. The standard InChI is InChI=1S/C8H10N2.2C2H6/c1-7-3-5-8(6-4-7)10-9-2;2*1-2/h3-6H,1-2H3;2*1-2H3. The smallest absolute Gasteiger partial charge is 0.0852 e. The van der Waals surface area contributed by atoms with Gasteiger partial charge in [0.05, 0.1) is 5.69 Å². The Morgan fingerprint density at radius 2 is 1.29 bits per heavy atom. The second kappa shape index (κ2) is 11.8. The fraction of sp³-hybridized carbons (Fsp3) is 0.500. The molecule has 14 heavy (non-hydrogen) atoms. The van der Waals surface area contributed by atoms with Crippen molar-refractivity contribution in [2.45, 2.75) is 34.6 Å². The molecule has 0 amide bonds. The zero-order valence-electron chi connectivity index (χ0n) is 10.2. The molecule has 0 atom stereocenters. The van der Waals surface area contributed by atoms with Gasteiger partial charge < -0.3 is 0 Å². The topological polar surface area (TPSA) is 24.7 Å². The molecule has 0 radical (unpaired) electrons. The number of hydrogen-bond acceptors (Lipinski definition) is 2. The Morgan fingerprint density at radius 1 is 0.857 bits per heavy atom. The average Bonchev–Trinajstić information content (AvgIpc) is 2.28. The highest BCUT2D eigenvalue weighted by atomic mass is 15.1. The third kappa shape index (κ3) is 7.47. The zero-order valence-corrected chi connectivity index (χ0v) is 10.2. The molecule has 0 aromatic heterocycles. The van der Waals surface area contributed by atoms with Crippen LogP contribution in [0.15, 0.2) is 34.5 Å². The van der Waals surface area contributed by atoms with Gasteiger partial charge in [-0.3, -0.25) is 0 Å². The van der Waals surface area contributed by atoms with Crippen molar-refractivity contribution in [2.24, 2.45) is 10.2 Å². The summed E-state index contributed by atoms with van der Waals surface area (Å²) in [5.41, 5.74) is 2.16. The van der Waals surface area contributed by atoms with Crippen molar-refractivity contribution in [2.75, 3.05) is 7.05 Å². The first kappa shape index (κ1) is 15.3. The molecule has 1 aromatic rings. The van der Waals surface area contributed by atoms with Crippen LogP contribution in [0.1, 0.15) is 33.3 Å². The maximum absolute atomic E-state index is 3.87. The van der Waals surface area contributed by atoms with Crippen molar-refractivity contribution in [3.63, 3.8) is 0 Å². The fourth-order valence-corrected chi connectivity index (χ4v) is 0.727. The lowest BCUT2D eigenvalue weighted by atomic mass is 10.2. The van der Waals surface area contributed by atoms with E-state index in [1.54, 1.807) is 7.05 Å². The third-order valence-corrected chi connectivity index (χ3v) is 1.25. The number of azo groups is 1. The van der Waals surface area contributed by atoms with Crippen LogP contribution in [0.5, 0.6) is 0 Å². The summed E-state index contributed by atoms with van der Waals surface area (Å²) in [5.74, 6) is 0. The first-order valence-corrected chi connectivity index (χ1v) is 5.19. The Morgan fingerprint density at radius 3 is 1.64 bits per heavy atom. The molecular formula is C12H22N2. The normalized spacial score (nSPS) is 8.43. The molecule has 0 unspecified atom stereocenters. The number of rotatable bonds is 1.